The van der Waals surface area contributed by atoms with Crippen molar-refractivity contribution in [3.8, 4) is 0 Å². The molecular formula is C12H10F2O2S. The molecule has 0 aliphatic heterocycles. The van der Waals surface area contributed by atoms with Crippen molar-refractivity contribution in [3.63, 3.8) is 0 Å². The molecular weight excluding hydrogens is 246 g/mol. The molecule has 0 aromatic heterocycles. The molecule has 0 saturated carbocycles. The van der Waals surface area contributed by atoms with E-state index in [0.717, 1.165) is 12.2 Å². The predicted octanol–water partition coefficient (Wildman–Crippen LogP) is 2.94. The molecule has 0 fully saturated rings. The van der Waals surface area contributed by atoms with Gasteiger partial charge >= 0.3 is 0 Å². The van der Waals surface area contributed by atoms with Gasteiger partial charge in [-0.25, -0.2) is 17.2 Å². The molecule has 0 radical (unpaired) electrons. The van der Waals surface area contributed by atoms with E-state index in [1.165, 1.54) is 12.1 Å². The zero-order valence-electron chi connectivity index (χ0n) is 8.81. The van der Waals surface area contributed by atoms with Gasteiger partial charge in [0.25, 0.3) is 5.92 Å². The SMILES string of the molecule is O=S(=O)(C1=CCC(F)(F)C=C1)c1ccccc1. The zero-order valence-corrected chi connectivity index (χ0v) is 9.62. The summed E-state index contributed by atoms with van der Waals surface area (Å²) in [7, 11) is -3.67. The van der Waals surface area contributed by atoms with Crippen molar-refractivity contribution in [2.45, 2.75) is 17.2 Å². The molecule has 17 heavy (non-hydrogen) atoms. The lowest BCUT2D eigenvalue weighted by Crippen LogP contribution is -2.16. The van der Waals surface area contributed by atoms with E-state index in [9.17, 15) is 17.2 Å². The molecule has 5 heteroatoms. The molecule has 0 N–H and O–H groups in total. The molecule has 1 aromatic carbocycles. The molecule has 2 rings (SSSR count). The Morgan fingerprint density at radius 2 is 1.76 bits per heavy atom. The fraction of sp³-hybridized carbons (Fsp3) is 0.167. The first kappa shape index (κ1) is 12.0. The van der Waals surface area contributed by atoms with E-state index >= 15 is 0 Å². The summed E-state index contributed by atoms with van der Waals surface area (Å²) < 4.78 is 49.8. The first-order valence-corrected chi connectivity index (χ1v) is 6.47. The summed E-state index contributed by atoms with van der Waals surface area (Å²) in [6, 6.07) is 7.76. The molecule has 0 atom stereocenters. The Kier molecular flexibility index (Phi) is 2.87. The van der Waals surface area contributed by atoms with E-state index in [0.29, 0.717) is 6.08 Å². The average Bonchev–Trinajstić information content (AvgIpc) is 2.29. The number of hydrogen-bond donors (Lipinski definition) is 0. The number of hydrogen-bond acceptors (Lipinski definition) is 2. The third-order valence-corrected chi connectivity index (χ3v) is 4.25. The number of rotatable bonds is 2. The van der Waals surface area contributed by atoms with Crippen LogP contribution < -0.4 is 0 Å². The van der Waals surface area contributed by atoms with Gasteiger partial charge in [-0.15, -0.1) is 0 Å². The molecule has 0 amide bonds. The largest absolute Gasteiger partial charge is 0.270 e. The summed E-state index contributed by atoms with van der Waals surface area (Å²) in [6.07, 6.45) is 2.07. The van der Waals surface area contributed by atoms with Gasteiger partial charge in [-0.05, 0) is 24.3 Å². The minimum Gasteiger partial charge on any atom is -0.219 e. The Hall–Kier alpha value is -1.49. The number of allylic oxidation sites excluding steroid dienone is 3. The summed E-state index contributed by atoms with van der Waals surface area (Å²) >= 11 is 0. The average molecular weight is 256 g/mol. The molecule has 1 aromatic rings. The third kappa shape index (κ3) is 2.44. The molecule has 1 aliphatic carbocycles. The van der Waals surface area contributed by atoms with Gasteiger partial charge in [-0.1, -0.05) is 24.3 Å². The van der Waals surface area contributed by atoms with Crippen LogP contribution in [0.3, 0.4) is 0 Å². The molecule has 0 spiro atoms. The Bertz CT molecular complexity index is 572. The maximum atomic E-state index is 12.8. The second kappa shape index (κ2) is 4.07. The summed E-state index contributed by atoms with van der Waals surface area (Å²) in [5.41, 5.74) is 0. The van der Waals surface area contributed by atoms with Crippen molar-refractivity contribution in [2.75, 3.05) is 0 Å². The molecule has 0 unspecified atom stereocenters. The van der Waals surface area contributed by atoms with E-state index in [2.05, 4.69) is 0 Å². The predicted molar refractivity (Wildman–Crippen MR) is 60.4 cm³/mol. The summed E-state index contributed by atoms with van der Waals surface area (Å²) in [4.78, 5) is 0.0377. The lowest BCUT2D eigenvalue weighted by Gasteiger charge is -2.15. The number of halogens is 2. The third-order valence-electron chi connectivity index (χ3n) is 2.43. The quantitative estimate of drug-likeness (QED) is 0.815. The fourth-order valence-corrected chi connectivity index (χ4v) is 2.85. The van der Waals surface area contributed by atoms with E-state index in [4.69, 9.17) is 0 Å². The van der Waals surface area contributed by atoms with Crippen LogP contribution in [0, 0.1) is 0 Å². The Labute approximate surface area is 98.2 Å². The number of sulfone groups is 1. The standard InChI is InChI=1S/C12H10F2O2S/c13-12(14)8-6-11(7-9-12)17(15,16)10-4-2-1-3-5-10/h1-8H,9H2. The van der Waals surface area contributed by atoms with Crippen molar-refractivity contribution in [1.82, 2.24) is 0 Å². The van der Waals surface area contributed by atoms with Gasteiger partial charge in [0.15, 0.2) is 0 Å². The van der Waals surface area contributed by atoms with Gasteiger partial charge in [0, 0.05) is 6.42 Å². The van der Waals surface area contributed by atoms with Crippen LogP contribution in [0.1, 0.15) is 6.42 Å². The Morgan fingerprint density at radius 1 is 1.12 bits per heavy atom. The lowest BCUT2D eigenvalue weighted by atomic mass is 10.1. The smallest absolute Gasteiger partial charge is 0.219 e. The van der Waals surface area contributed by atoms with Gasteiger partial charge in [-0.3, -0.25) is 0 Å². The first-order chi connectivity index (χ1) is 7.92. The van der Waals surface area contributed by atoms with Crippen LogP contribution in [-0.4, -0.2) is 14.3 Å². The maximum Gasteiger partial charge on any atom is 0.270 e. The highest BCUT2D eigenvalue weighted by atomic mass is 32.2. The maximum absolute atomic E-state index is 12.8. The van der Waals surface area contributed by atoms with Gasteiger partial charge in [0.1, 0.15) is 0 Å². The highest BCUT2D eigenvalue weighted by Crippen LogP contribution is 2.30. The van der Waals surface area contributed by atoms with E-state index in [1.54, 1.807) is 18.2 Å². The lowest BCUT2D eigenvalue weighted by molar-refractivity contribution is 0.0574. The van der Waals surface area contributed by atoms with Gasteiger partial charge in [0.2, 0.25) is 9.84 Å². The van der Waals surface area contributed by atoms with Gasteiger partial charge in [0.05, 0.1) is 9.80 Å². The number of alkyl halides is 2. The molecule has 90 valence electrons. The molecule has 2 nitrogen and oxygen atoms in total. The minimum atomic E-state index is -3.67. The van der Waals surface area contributed by atoms with E-state index in [-0.39, 0.29) is 9.80 Å². The van der Waals surface area contributed by atoms with E-state index < -0.39 is 22.2 Å². The van der Waals surface area contributed by atoms with E-state index in [1.807, 2.05) is 0 Å². The molecule has 0 saturated heterocycles. The highest BCUT2D eigenvalue weighted by Gasteiger charge is 2.30. The van der Waals surface area contributed by atoms with Crippen LogP contribution in [0.5, 0.6) is 0 Å². The van der Waals surface area contributed by atoms with Crippen LogP contribution in [0.4, 0.5) is 8.78 Å². The van der Waals surface area contributed by atoms with Crippen molar-refractivity contribution < 1.29 is 17.2 Å². The second-order valence-electron chi connectivity index (χ2n) is 3.72. The van der Waals surface area contributed by atoms with Crippen molar-refractivity contribution in [3.05, 3.63) is 53.5 Å². The minimum absolute atomic E-state index is 0.0744. The highest BCUT2D eigenvalue weighted by molar-refractivity contribution is 7.95. The second-order valence-corrected chi connectivity index (χ2v) is 5.67. The van der Waals surface area contributed by atoms with Crippen molar-refractivity contribution >= 4 is 9.84 Å². The number of benzene rings is 1. The summed E-state index contributed by atoms with van der Waals surface area (Å²) in [5, 5.41) is 0. The van der Waals surface area contributed by atoms with Crippen molar-refractivity contribution in [1.29, 1.82) is 0 Å². The zero-order chi connectivity index (χ0) is 12.5. The summed E-state index contributed by atoms with van der Waals surface area (Å²) in [5.74, 6) is -2.95. The Morgan fingerprint density at radius 3 is 2.29 bits per heavy atom. The van der Waals surface area contributed by atoms with Gasteiger partial charge < -0.3 is 0 Å². The monoisotopic (exact) mass is 256 g/mol. The van der Waals surface area contributed by atoms with Crippen molar-refractivity contribution in [2.24, 2.45) is 0 Å². The van der Waals surface area contributed by atoms with Gasteiger partial charge in [-0.2, -0.15) is 0 Å². The van der Waals surface area contributed by atoms with Crippen LogP contribution in [0.25, 0.3) is 0 Å². The first-order valence-electron chi connectivity index (χ1n) is 4.99. The fourth-order valence-electron chi connectivity index (χ4n) is 1.51. The van der Waals surface area contributed by atoms with Crippen LogP contribution in [0.15, 0.2) is 58.4 Å². The van der Waals surface area contributed by atoms with Crippen LogP contribution in [0.2, 0.25) is 0 Å². The normalized spacial score (nSPS) is 18.8. The molecule has 0 bridgehead atoms. The van der Waals surface area contributed by atoms with Crippen LogP contribution >= 0.6 is 0 Å². The topological polar surface area (TPSA) is 34.1 Å². The molecule has 0 heterocycles. The Balaban J connectivity index is 2.37. The summed E-state index contributed by atoms with van der Waals surface area (Å²) in [6.45, 7) is 0. The molecule has 1 aliphatic rings. The van der Waals surface area contributed by atoms with Crippen LogP contribution in [-0.2, 0) is 9.84 Å².